The molecule has 0 saturated heterocycles. The normalized spacial score (nSPS) is 10.8. The topological polar surface area (TPSA) is 79.5 Å². The lowest BCUT2D eigenvalue weighted by Gasteiger charge is -2.14. The summed E-state index contributed by atoms with van der Waals surface area (Å²) >= 11 is 0. The maximum absolute atomic E-state index is 11.1. The lowest BCUT2D eigenvalue weighted by Crippen LogP contribution is -2.01. The van der Waals surface area contributed by atoms with Crippen molar-refractivity contribution in [1.82, 2.24) is 0 Å². The Balaban J connectivity index is 1.85. The Kier molecular flexibility index (Phi) is 6.64. The molecule has 0 aliphatic rings. The molecule has 5 nitrogen and oxygen atoms in total. The molecule has 0 heterocycles. The van der Waals surface area contributed by atoms with Crippen molar-refractivity contribution in [1.29, 1.82) is 5.26 Å². The van der Waals surface area contributed by atoms with Gasteiger partial charge in [0, 0.05) is 0 Å². The van der Waals surface area contributed by atoms with Crippen LogP contribution in [-0.4, -0.2) is 11.1 Å². The van der Waals surface area contributed by atoms with E-state index in [2.05, 4.69) is 0 Å². The van der Waals surface area contributed by atoms with E-state index in [1.807, 2.05) is 60.7 Å². The van der Waals surface area contributed by atoms with Gasteiger partial charge in [-0.1, -0.05) is 66.7 Å². The molecule has 3 rings (SSSR count). The zero-order valence-electron chi connectivity index (χ0n) is 15.6. The first-order chi connectivity index (χ1) is 14.2. The van der Waals surface area contributed by atoms with Crippen molar-refractivity contribution in [3.05, 3.63) is 101 Å². The molecule has 0 amide bonds. The molecular weight excluding hydrogens is 366 g/mol. The predicted octanol–water partition coefficient (Wildman–Crippen LogP) is 4.84. The number of ether oxygens (including phenoxy) is 2. The lowest BCUT2D eigenvalue weighted by molar-refractivity contribution is -0.132. The molecule has 0 aliphatic heterocycles. The molecule has 0 atom stereocenters. The first kappa shape index (κ1) is 19.7. The van der Waals surface area contributed by atoms with E-state index in [-0.39, 0.29) is 5.57 Å². The number of nitrogens with zero attached hydrogens (tertiary/aromatic N) is 1. The van der Waals surface area contributed by atoms with Gasteiger partial charge >= 0.3 is 5.97 Å². The summed E-state index contributed by atoms with van der Waals surface area (Å²) < 4.78 is 11.9. The van der Waals surface area contributed by atoms with Crippen LogP contribution in [-0.2, 0) is 18.0 Å². The molecule has 0 fully saturated rings. The average Bonchev–Trinajstić information content (AvgIpc) is 2.76. The minimum atomic E-state index is -1.27. The largest absolute Gasteiger partial charge is 0.485 e. The van der Waals surface area contributed by atoms with Gasteiger partial charge in [-0.2, -0.15) is 5.26 Å². The molecule has 29 heavy (non-hydrogen) atoms. The second kappa shape index (κ2) is 9.77. The van der Waals surface area contributed by atoms with Crippen molar-refractivity contribution >= 4 is 12.0 Å². The second-order valence-corrected chi connectivity index (χ2v) is 6.23. The zero-order chi connectivity index (χ0) is 20.5. The van der Waals surface area contributed by atoms with Crippen LogP contribution in [0.3, 0.4) is 0 Å². The Labute approximate surface area is 169 Å². The minimum Gasteiger partial charge on any atom is -0.485 e. The van der Waals surface area contributed by atoms with E-state index in [0.29, 0.717) is 30.3 Å². The van der Waals surface area contributed by atoms with E-state index in [1.165, 1.54) is 6.08 Å². The Morgan fingerprint density at radius 3 is 1.93 bits per heavy atom. The number of carboxylic acids is 1. The highest BCUT2D eigenvalue weighted by atomic mass is 16.5. The van der Waals surface area contributed by atoms with Gasteiger partial charge in [0.1, 0.15) is 24.9 Å². The van der Waals surface area contributed by atoms with Crippen molar-refractivity contribution < 1.29 is 19.4 Å². The molecule has 0 saturated carbocycles. The number of carboxylic acid groups (broad SMARTS) is 1. The third-order valence-corrected chi connectivity index (χ3v) is 4.10. The highest BCUT2D eigenvalue weighted by Gasteiger charge is 2.10. The standard InChI is InChI=1S/C24H19NO4/c25-15-21(24(26)27)13-20-11-12-22(28-16-18-7-3-1-4-8-18)23(14-20)29-17-19-9-5-2-6-10-19/h1-14H,16-17H2,(H,26,27)/b21-13-. The first-order valence-electron chi connectivity index (χ1n) is 8.98. The molecule has 0 unspecified atom stereocenters. The van der Waals surface area contributed by atoms with Crippen molar-refractivity contribution in [2.24, 2.45) is 0 Å². The maximum Gasteiger partial charge on any atom is 0.346 e. The van der Waals surface area contributed by atoms with Gasteiger partial charge in [0.25, 0.3) is 0 Å². The fraction of sp³-hybridized carbons (Fsp3) is 0.0833. The molecule has 3 aromatic carbocycles. The molecule has 3 aromatic rings. The predicted molar refractivity (Wildman–Crippen MR) is 109 cm³/mol. The SMILES string of the molecule is N#C/C(=C/c1ccc(OCc2ccccc2)c(OCc2ccccc2)c1)C(=O)O. The fourth-order valence-corrected chi connectivity index (χ4v) is 2.63. The summed E-state index contributed by atoms with van der Waals surface area (Å²) in [5.41, 5.74) is 2.20. The van der Waals surface area contributed by atoms with Crippen LogP contribution < -0.4 is 9.47 Å². The molecule has 0 radical (unpaired) electrons. The summed E-state index contributed by atoms with van der Waals surface area (Å²) in [5.74, 6) is -0.263. The maximum atomic E-state index is 11.1. The van der Waals surface area contributed by atoms with Crippen LogP contribution in [0.25, 0.3) is 6.08 Å². The van der Waals surface area contributed by atoms with E-state index < -0.39 is 5.97 Å². The highest BCUT2D eigenvalue weighted by molar-refractivity contribution is 5.96. The molecule has 1 N–H and O–H groups in total. The third-order valence-electron chi connectivity index (χ3n) is 4.10. The number of benzene rings is 3. The van der Waals surface area contributed by atoms with E-state index in [4.69, 9.17) is 19.8 Å². The summed E-state index contributed by atoms with van der Waals surface area (Å²) in [6.07, 6.45) is 1.30. The molecule has 144 valence electrons. The van der Waals surface area contributed by atoms with Gasteiger partial charge in [0.05, 0.1) is 0 Å². The Morgan fingerprint density at radius 2 is 1.41 bits per heavy atom. The van der Waals surface area contributed by atoms with Gasteiger partial charge in [-0.25, -0.2) is 4.79 Å². The number of nitriles is 1. The average molecular weight is 385 g/mol. The molecular formula is C24H19NO4. The van der Waals surface area contributed by atoms with Crippen molar-refractivity contribution in [3.8, 4) is 17.6 Å². The van der Waals surface area contributed by atoms with Crippen LogP contribution in [0, 0.1) is 11.3 Å². The van der Waals surface area contributed by atoms with Crippen LogP contribution in [0.2, 0.25) is 0 Å². The van der Waals surface area contributed by atoms with Crippen LogP contribution in [0.4, 0.5) is 0 Å². The van der Waals surface area contributed by atoms with E-state index in [0.717, 1.165) is 11.1 Å². The highest BCUT2D eigenvalue weighted by Crippen LogP contribution is 2.31. The van der Waals surface area contributed by atoms with Crippen LogP contribution in [0.15, 0.2) is 84.4 Å². The molecule has 0 spiro atoms. The van der Waals surface area contributed by atoms with E-state index in [9.17, 15) is 4.79 Å². The summed E-state index contributed by atoms with van der Waals surface area (Å²) in [5, 5.41) is 18.1. The third kappa shape index (κ3) is 5.72. The van der Waals surface area contributed by atoms with Gasteiger partial charge in [-0.3, -0.25) is 0 Å². The number of hydrogen-bond acceptors (Lipinski definition) is 4. The smallest absolute Gasteiger partial charge is 0.346 e. The second-order valence-electron chi connectivity index (χ2n) is 6.23. The summed E-state index contributed by atoms with van der Waals surface area (Å²) in [6.45, 7) is 0.704. The molecule has 5 heteroatoms. The van der Waals surface area contributed by atoms with E-state index in [1.54, 1.807) is 24.3 Å². The van der Waals surface area contributed by atoms with Crippen LogP contribution in [0.1, 0.15) is 16.7 Å². The fourth-order valence-electron chi connectivity index (χ4n) is 2.63. The van der Waals surface area contributed by atoms with Gasteiger partial charge in [-0.15, -0.1) is 0 Å². The van der Waals surface area contributed by atoms with Crippen molar-refractivity contribution in [2.75, 3.05) is 0 Å². The molecule has 0 bridgehead atoms. The minimum absolute atomic E-state index is 0.333. The number of aliphatic carboxylic acids is 1. The van der Waals surface area contributed by atoms with Crippen molar-refractivity contribution in [2.45, 2.75) is 13.2 Å². The molecule has 0 aromatic heterocycles. The zero-order valence-corrected chi connectivity index (χ0v) is 15.6. The quantitative estimate of drug-likeness (QED) is 0.443. The summed E-state index contributed by atoms with van der Waals surface area (Å²) in [4.78, 5) is 11.1. The summed E-state index contributed by atoms with van der Waals surface area (Å²) in [6, 6.07) is 26.2. The lowest BCUT2D eigenvalue weighted by atomic mass is 10.1. The van der Waals surface area contributed by atoms with Gasteiger partial charge in [-0.05, 0) is 34.9 Å². The van der Waals surface area contributed by atoms with Gasteiger partial charge in [0.15, 0.2) is 11.5 Å². The monoisotopic (exact) mass is 385 g/mol. The van der Waals surface area contributed by atoms with Crippen LogP contribution >= 0.6 is 0 Å². The van der Waals surface area contributed by atoms with Gasteiger partial charge in [0.2, 0.25) is 0 Å². The van der Waals surface area contributed by atoms with Gasteiger partial charge < -0.3 is 14.6 Å². The Morgan fingerprint density at radius 1 is 0.862 bits per heavy atom. The summed E-state index contributed by atoms with van der Waals surface area (Å²) in [7, 11) is 0. The number of rotatable bonds is 8. The Hall–Kier alpha value is -4.04. The van der Waals surface area contributed by atoms with Crippen LogP contribution in [0.5, 0.6) is 11.5 Å². The van der Waals surface area contributed by atoms with E-state index >= 15 is 0 Å². The first-order valence-corrected chi connectivity index (χ1v) is 8.98. The molecule has 0 aliphatic carbocycles. The number of carbonyl (C=O) groups is 1. The number of hydrogen-bond donors (Lipinski definition) is 1. The Bertz CT molecular complexity index is 1040. The van der Waals surface area contributed by atoms with Crippen molar-refractivity contribution in [3.63, 3.8) is 0 Å².